The van der Waals surface area contributed by atoms with Crippen molar-refractivity contribution in [3.8, 4) is 0 Å². The van der Waals surface area contributed by atoms with E-state index in [0.717, 1.165) is 80.9 Å². The number of benzene rings is 1. The smallest absolute Gasteiger partial charge is 0.317 e. The molecule has 2 aliphatic heterocycles. The summed E-state index contributed by atoms with van der Waals surface area (Å²) in [5, 5.41) is 3.11. The van der Waals surface area contributed by atoms with Crippen LogP contribution in [0.2, 0.25) is 0 Å². The second-order valence-corrected chi connectivity index (χ2v) is 8.72. The third kappa shape index (κ3) is 4.49. The Morgan fingerprint density at radius 2 is 1.89 bits per heavy atom. The number of fused-ring (bicyclic) bond motifs is 1. The summed E-state index contributed by atoms with van der Waals surface area (Å²) in [5.41, 5.74) is 1.76. The molecule has 0 radical (unpaired) electrons. The molecule has 2 atom stereocenters. The fourth-order valence-electron chi connectivity index (χ4n) is 4.80. The fraction of sp³-hybridized carbons (Fsp3) is 0.636. The van der Waals surface area contributed by atoms with Crippen molar-refractivity contribution in [2.24, 2.45) is 11.8 Å². The third-order valence-corrected chi connectivity index (χ3v) is 6.09. The standard InChI is InChI=1S/C22H32N4O2/c1-16-13-17(2)15-25(14-16)12-9-23-22(27)26-10-7-18(8-11-26)21-24-19-5-3-4-6-20(19)28-21/h3-6,16-18H,7-15H2,1-2H3,(H,23,27). The molecule has 2 aromatic rings. The quantitative estimate of drug-likeness (QED) is 0.873. The van der Waals surface area contributed by atoms with E-state index in [2.05, 4.69) is 29.0 Å². The molecule has 0 bridgehead atoms. The zero-order chi connectivity index (χ0) is 19.5. The average Bonchev–Trinajstić information content (AvgIpc) is 3.11. The lowest BCUT2D eigenvalue weighted by Gasteiger charge is -2.35. The summed E-state index contributed by atoms with van der Waals surface area (Å²) in [4.78, 5) is 21.6. The van der Waals surface area contributed by atoms with Crippen LogP contribution in [-0.2, 0) is 0 Å². The van der Waals surface area contributed by atoms with Gasteiger partial charge in [-0.3, -0.25) is 0 Å². The molecule has 2 fully saturated rings. The van der Waals surface area contributed by atoms with E-state index >= 15 is 0 Å². The van der Waals surface area contributed by atoms with Crippen molar-refractivity contribution in [1.82, 2.24) is 20.1 Å². The first-order valence-corrected chi connectivity index (χ1v) is 10.7. The van der Waals surface area contributed by atoms with Gasteiger partial charge >= 0.3 is 6.03 Å². The highest BCUT2D eigenvalue weighted by Gasteiger charge is 2.27. The molecular weight excluding hydrogens is 352 g/mol. The Balaban J connectivity index is 1.21. The van der Waals surface area contributed by atoms with Gasteiger partial charge < -0.3 is 19.5 Å². The Kier molecular flexibility index (Phi) is 5.85. The number of nitrogens with one attached hydrogen (secondary N) is 1. The molecule has 1 aromatic carbocycles. The molecule has 152 valence electrons. The lowest BCUT2D eigenvalue weighted by atomic mass is 9.92. The number of urea groups is 1. The first-order valence-electron chi connectivity index (χ1n) is 10.7. The van der Waals surface area contributed by atoms with Crippen molar-refractivity contribution < 1.29 is 9.21 Å². The van der Waals surface area contributed by atoms with Crippen molar-refractivity contribution in [3.05, 3.63) is 30.2 Å². The van der Waals surface area contributed by atoms with Gasteiger partial charge in [0, 0.05) is 45.2 Å². The van der Waals surface area contributed by atoms with Crippen molar-refractivity contribution in [2.75, 3.05) is 39.3 Å². The summed E-state index contributed by atoms with van der Waals surface area (Å²) in [5.74, 6) is 2.62. The number of hydrogen-bond donors (Lipinski definition) is 1. The number of carbonyl (C=O) groups excluding carboxylic acids is 1. The van der Waals surface area contributed by atoms with Gasteiger partial charge in [-0.2, -0.15) is 0 Å². The summed E-state index contributed by atoms with van der Waals surface area (Å²) in [6.07, 6.45) is 3.13. The van der Waals surface area contributed by atoms with Crippen molar-refractivity contribution in [3.63, 3.8) is 0 Å². The molecule has 2 amide bonds. The summed E-state index contributed by atoms with van der Waals surface area (Å²) in [6, 6.07) is 7.95. The van der Waals surface area contributed by atoms with Gasteiger partial charge in [-0.05, 0) is 43.2 Å². The highest BCUT2D eigenvalue weighted by atomic mass is 16.3. The van der Waals surface area contributed by atoms with Gasteiger partial charge in [-0.25, -0.2) is 9.78 Å². The Bertz CT molecular complexity index is 754. The molecule has 0 aliphatic carbocycles. The van der Waals surface area contributed by atoms with Crippen LogP contribution in [0.15, 0.2) is 28.7 Å². The maximum Gasteiger partial charge on any atom is 0.317 e. The Morgan fingerprint density at radius 3 is 2.61 bits per heavy atom. The highest BCUT2D eigenvalue weighted by Crippen LogP contribution is 2.29. The molecule has 4 rings (SSSR count). The van der Waals surface area contributed by atoms with E-state index in [1.165, 1.54) is 6.42 Å². The van der Waals surface area contributed by atoms with Gasteiger partial charge in [0.15, 0.2) is 11.5 Å². The normalized spacial score (nSPS) is 24.6. The van der Waals surface area contributed by atoms with Gasteiger partial charge in [0.05, 0.1) is 0 Å². The second kappa shape index (κ2) is 8.52. The van der Waals surface area contributed by atoms with E-state index in [9.17, 15) is 4.79 Å². The predicted octanol–water partition coefficient (Wildman–Crippen LogP) is 3.69. The SMILES string of the molecule is CC1CC(C)CN(CCNC(=O)N2CCC(c3nc4ccccc4o3)CC2)C1. The van der Waals surface area contributed by atoms with Crippen LogP contribution in [0.4, 0.5) is 4.79 Å². The van der Waals surface area contributed by atoms with E-state index < -0.39 is 0 Å². The van der Waals surface area contributed by atoms with Gasteiger partial charge in [0.2, 0.25) is 0 Å². The molecule has 1 N–H and O–H groups in total. The molecule has 2 unspecified atom stereocenters. The summed E-state index contributed by atoms with van der Waals surface area (Å²) in [7, 11) is 0. The zero-order valence-electron chi connectivity index (χ0n) is 17.1. The van der Waals surface area contributed by atoms with Crippen LogP contribution in [0.5, 0.6) is 0 Å². The second-order valence-electron chi connectivity index (χ2n) is 8.72. The van der Waals surface area contributed by atoms with E-state index in [1.807, 2.05) is 29.2 Å². The van der Waals surface area contributed by atoms with E-state index in [1.54, 1.807) is 0 Å². The molecule has 28 heavy (non-hydrogen) atoms. The average molecular weight is 385 g/mol. The van der Waals surface area contributed by atoms with E-state index in [4.69, 9.17) is 4.42 Å². The number of likely N-dealkylation sites (tertiary alicyclic amines) is 2. The van der Waals surface area contributed by atoms with E-state index in [-0.39, 0.29) is 6.03 Å². The topological polar surface area (TPSA) is 61.6 Å². The molecule has 6 heteroatoms. The number of piperidine rings is 2. The van der Waals surface area contributed by atoms with Crippen molar-refractivity contribution >= 4 is 17.1 Å². The summed E-state index contributed by atoms with van der Waals surface area (Å²) < 4.78 is 5.92. The predicted molar refractivity (Wildman–Crippen MR) is 110 cm³/mol. The van der Waals surface area contributed by atoms with E-state index in [0.29, 0.717) is 5.92 Å². The lowest BCUT2D eigenvalue weighted by Crippen LogP contribution is -2.47. The molecule has 6 nitrogen and oxygen atoms in total. The molecule has 2 aliphatic rings. The summed E-state index contributed by atoms with van der Waals surface area (Å²) >= 11 is 0. The van der Waals surface area contributed by atoms with Gasteiger partial charge in [0.25, 0.3) is 0 Å². The minimum atomic E-state index is 0.0640. The first-order chi connectivity index (χ1) is 13.6. The number of hydrogen-bond acceptors (Lipinski definition) is 4. The first kappa shape index (κ1) is 19.2. The fourth-order valence-corrected chi connectivity index (χ4v) is 4.80. The molecule has 1 aromatic heterocycles. The summed E-state index contributed by atoms with van der Waals surface area (Å²) in [6.45, 7) is 10.1. The molecular formula is C22H32N4O2. The van der Waals surface area contributed by atoms with Crippen LogP contribution in [0, 0.1) is 11.8 Å². The van der Waals surface area contributed by atoms with Gasteiger partial charge in [0.1, 0.15) is 5.52 Å². The van der Waals surface area contributed by atoms with Gasteiger partial charge in [-0.15, -0.1) is 0 Å². The van der Waals surface area contributed by atoms with Crippen LogP contribution >= 0.6 is 0 Å². The number of rotatable bonds is 4. The Morgan fingerprint density at radius 1 is 1.18 bits per heavy atom. The highest BCUT2D eigenvalue weighted by molar-refractivity contribution is 5.74. The number of oxazole rings is 1. The minimum absolute atomic E-state index is 0.0640. The molecule has 2 saturated heterocycles. The third-order valence-electron chi connectivity index (χ3n) is 6.09. The largest absolute Gasteiger partial charge is 0.440 e. The number of aromatic nitrogens is 1. The van der Waals surface area contributed by atoms with Crippen LogP contribution in [0.25, 0.3) is 11.1 Å². The van der Waals surface area contributed by atoms with Gasteiger partial charge in [-0.1, -0.05) is 26.0 Å². The molecule has 0 saturated carbocycles. The zero-order valence-corrected chi connectivity index (χ0v) is 17.1. The number of nitrogens with zero attached hydrogens (tertiary/aromatic N) is 3. The molecule has 0 spiro atoms. The Hall–Kier alpha value is -2.08. The van der Waals surface area contributed by atoms with Crippen LogP contribution < -0.4 is 5.32 Å². The monoisotopic (exact) mass is 384 g/mol. The van der Waals surface area contributed by atoms with Crippen LogP contribution in [0.3, 0.4) is 0 Å². The van der Waals surface area contributed by atoms with Crippen LogP contribution in [0.1, 0.15) is 44.9 Å². The van der Waals surface area contributed by atoms with Crippen molar-refractivity contribution in [2.45, 2.75) is 39.0 Å². The number of carbonyl (C=O) groups is 1. The Labute approximate surface area is 167 Å². The van der Waals surface area contributed by atoms with Crippen molar-refractivity contribution in [1.29, 1.82) is 0 Å². The minimum Gasteiger partial charge on any atom is -0.440 e. The number of para-hydroxylation sites is 2. The van der Waals surface area contributed by atoms with Crippen LogP contribution in [-0.4, -0.2) is 60.1 Å². The number of amides is 2. The lowest BCUT2D eigenvalue weighted by molar-refractivity contribution is 0.139. The maximum absolute atomic E-state index is 12.5. The molecule has 3 heterocycles. The maximum atomic E-state index is 12.5.